The van der Waals surface area contributed by atoms with Crippen molar-refractivity contribution in [2.75, 3.05) is 33.3 Å². The van der Waals surface area contributed by atoms with Gasteiger partial charge in [0.15, 0.2) is 0 Å². The van der Waals surface area contributed by atoms with Gasteiger partial charge in [-0.05, 0) is 48.2 Å². The largest absolute Gasteiger partial charge is 0.497 e. The Labute approximate surface area is 192 Å². The molecule has 2 saturated heterocycles. The number of rotatable bonds is 6. The number of nitrogens with zero attached hydrogens (tertiary/aromatic N) is 3. The Hall–Kier alpha value is -3.42. The lowest BCUT2D eigenvalue weighted by Crippen LogP contribution is -2.59. The second-order valence-corrected chi connectivity index (χ2v) is 8.49. The minimum atomic E-state index is -0.552. The van der Waals surface area contributed by atoms with Crippen molar-refractivity contribution in [2.45, 2.75) is 31.8 Å². The van der Waals surface area contributed by atoms with Gasteiger partial charge < -0.3 is 19.4 Å². The molecule has 2 aromatic rings. The Morgan fingerprint density at radius 3 is 2.36 bits per heavy atom. The summed E-state index contributed by atoms with van der Waals surface area (Å²) in [4.78, 5) is 43.1. The molecule has 0 N–H and O–H groups in total. The molecule has 0 aromatic heterocycles. The fourth-order valence-electron chi connectivity index (χ4n) is 4.50. The van der Waals surface area contributed by atoms with E-state index in [1.165, 1.54) is 17.0 Å². The van der Waals surface area contributed by atoms with Gasteiger partial charge in [-0.1, -0.05) is 24.3 Å². The molecule has 2 aliphatic rings. The number of methoxy groups -OCH3 is 1. The van der Waals surface area contributed by atoms with E-state index < -0.39 is 11.8 Å². The van der Waals surface area contributed by atoms with Crippen LogP contribution in [0, 0.1) is 5.82 Å². The van der Waals surface area contributed by atoms with Gasteiger partial charge in [0, 0.05) is 38.8 Å². The number of ether oxygens (including phenoxy) is 1. The number of hydrogen-bond acceptors (Lipinski definition) is 4. The minimum absolute atomic E-state index is 0.0530. The number of hydrogen-bond donors (Lipinski definition) is 0. The lowest BCUT2D eigenvalue weighted by molar-refractivity contribution is -0.159. The molecule has 0 spiro atoms. The van der Waals surface area contributed by atoms with E-state index in [1.807, 2.05) is 29.2 Å². The van der Waals surface area contributed by atoms with Crippen LogP contribution in [-0.2, 0) is 27.3 Å². The van der Waals surface area contributed by atoms with Gasteiger partial charge in [-0.3, -0.25) is 14.4 Å². The first-order valence-electron chi connectivity index (χ1n) is 11.2. The van der Waals surface area contributed by atoms with Gasteiger partial charge in [-0.15, -0.1) is 0 Å². The molecule has 0 unspecified atom stereocenters. The van der Waals surface area contributed by atoms with Gasteiger partial charge in [-0.25, -0.2) is 4.39 Å². The van der Waals surface area contributed by atoms with Crippen LogP contribution in [0.15, 0.2) is 48.5 Å². The summed E-state index contributed by atoms with van der Waals surface area (Å²) in [5.74, 6) is -0.620. The third kappa shape index (κ3) is 5.32. The Morgan fingerprint density at radius 1 is 0.970 bits per heavy atom. The molecule has 2 aliphatic heterocycles. The van der Waals surface area contributed by atoms with Crippen LogP contribution >= 0.6 is 0 Å². The van der Waals surface area contributed by atoms with Crippen molar-refractivity contribution in [1.29, 1.82) is 0 Å². The van der Waals surface area contributed by atoms with Crippen molar-refractivity contribution >= 4 is 17.7 Å². The van der Waals surface area contributed by atoms with Gasteiger partial charge in [0.05, 0.1) is 13.5 Å². The van der Waals surface area contributed by atoms with E-state index in [1.54, 1.807) is 24.1 Å². The van der Waals surface area contributed by atoms with Crippen LogP contribution in [0.5, 0.6) is 5.75 Å². The van der Waals surface area contributed by atoms with E-state index in [2.05, 4.69) is 0 Å². The van der Waals surface area contributed by atoms with Crippen molar-refractivity contribution in [2.24, 2.45) is 0 Å². The molecule has 4 rings (SSSR count). The number of likely N-dealkylation sites (tertiary alicyclic amines) is 1. The lowest BCUT2D eigenvalue weighted by atomic mass is 10.0. The third-order valence-corrected chi connectivity index (χ3v) is 6.38. The van der Waals surface area contributed by atoms with Crippen LogP contribution in [0.25, 0.3) is 0 Å². The molecule has 7 nitrogen and oxygen atoms in total. The highest BCUT2D eigenvalue weighted by atomic mass is 19.1. The molecular weight excluding hydrogens is 425 g/mol. The molecule has 174 valence electrons. The molecule has 0 saturated carbocycles. The predicted octanol–water partition coefficient (Wildman–Crippen LogP) is 2.24. The first-order chi connectivity index (χ1) is 15.9. The van der Waals surface area contributed by atoms with E-state index in [-0.39, 0.29) is 24.3 Å². The summed E-state index contributed by atoms with van der Waals surface area (Å²) < 4.78 is 18.6. The number of piperidine rings is 1. The van der Waals surface area contributed by atoms with Gasteiger partial charge in [0.2, 0.25) is 5.91 Å². The Bertz CT molecular complexity index is 1020. The van der Waals surface area contributed by atoms with Crippen LogP contribution in [-0.4, -0.2) is 71.8 Å². The Kier molecular flexibility index (Phi) is 6.91. The third-order valence-electron chi connectivity index (χ3n) is 6.38. The summed E-state index contributed by atoms with van der Waals surface area (Å²) in [5, 5.41) is 0. The zero-order valence-electron chi connectivity index (χ0n) is 18.7. The topological polar surface area (TPSA) is 70.2 Å². The summed E-state index contributed by atoms with van der Waals surface area (Å²) in [5.41, 5.74) is 1.59. The standard InChI is InChI=1S/C25H28FN3O4/c1-33-22-7-5-18(6-8-22)16-23(30)27-11-9-21(10-12-27)29-14-13-28(24(31)25(29)32)17-19-3-2-4-20(26)15-19/h2-8,15,21H,9-14,16-17H2,1H3. The highest BCUT2D eigenvalue weighted by Crippen LogP contribution is 2.22. The van der Waals surface area contributed by atoms with Gasteiger partial charge in [-0.2, -0.15) is 0 Å². The molecule has 0 bridgehead atoms. The number of carbonyl (C=O) groups is 3. The zero-order valence-corrected chi connectivity index (χ0v) is 18.7. The van der Waals surface area contributed by atoms with E-state index >= 15 is 0 Å². The van der Waals surface area contributed by atoms with Gasteiger partial charge >= 0.3 is 11.8 Å². The molecule has 0 atom stereocenters. The molecule has 2 heterocycles. The van der Waals surface area contributed by atoms with Crippen molar-refractivity contribution in [3.05, 3.63) is 65.5 Å². The maximum atomic E-state index is 13.4. The van der Waals surface area contributed by atoms with Gasteiger partial charge in [0.25, 0.3) is 0 Å². The second-order valence-electron chi connectivity index (χ2n) is 8.49. The quantitative estimate of drug-likeness (QED) is 0.629. The van der Waals surface area contributed by atoms with Crippen molar-refractivity contribution < 1.29 is 23.5 Å². The number of piperazine rings is 1. The maximum absolute atomic E-state index is 13.4. The molecule has 33 heavy (non-hydrogen) atoms. The monoisotopic (exact) mass is 453 g/mol. The number of halogens is 1. The van der Waals surface area contributed by atoms with E-state index in [0.717, 1.165) is 11.3 Å². The van der Waals surface area contributed by atoms with Crippen LogP contribution < -0.4 is 4.74 Å². The number of benzene rings is 2. The minimum Gasteiger partial charge on any atom is -0.497 e. The SMILES string of the molecule is COc1ccc(CC(=O)N2CCC(N3CCN(Cc4cccc(F)c4)C(=O)C3=O)CC2)cc1. The number of carbonyl (C=O) groups excluding carboxylic acids is 3. The predicted molar refractivity (Wildman–Crippen MR) is 120 cm³/mol. The molecular formula is C25H28FN3O4. The first-order valence-corrected chi connectivity index (χ1v) is 11.2. The Morgan fingerprint density at radius 2 is 1.70 bits per heavy atom. The second kappa shape index (κ2) is 10.0. The van der Waals surface area contributed by atoms with Crippen molar-refractivity contribution in [3.63, 3.8) is 0 Å². The highest BCUT2D eigenvalue weighted by molar-refractivity contribution is 6.35. The molecule has 8 heteroatoms. The van der Waals surface area contributed by atoms with E-state index in [4.69, 9.17) is 4.74 Å². The fraction of sp³-hybridized carbons (Fsp3) is 0.400. The fourth-order valence-corrected chi connectivity index (χ4v) is 4.50. The van der Waals surface area contributed by atoms with Crippen LogP contribution in [0.2, 0.25) is 0 Å². The van der Waals surface area contributed by atoms with E-state index in [0.29, 0.717) is 51.0 Å². The molecule has 0 aliphatic carbocycles. The summed E-state index contributed by atoms with van der Waals surface area (Å²) in [6.45, 7) is 2.20. The summed E-state index contributed by atoms with van der Waals surface area (Å²) in [6, 6.07) is 13.5. The smallest absolute Gasteiger partial charge is 0.312 e. The normalized spacial score (nSPS) is 17.5. The average molecular weight is 454 g/mol. The van der Waals surface area contributed by atoms with Crippen LogP contribution in [0.4, 0.5) is 4.39 Å². The molecule has 0 radical (unpaired) electrons. The lowest BCUT2D eigenvalue weighted by Gasteiger charge is -2.42. The summed E-state index contributed by atoms with van der Waals surface area (Å²) in [7, 11) is 1.60. The molecule has 2 aromatic carbocycles. The maximum Gasteiger partial charge on any atom is 0.312 e. The zero-order chi connectivity index (χ0) is 23.4. The van der Waals surface area contributed by atoms with Crippen molar-refractivity contribution in [1.82, 2.24) is 14.7 Å². The highest BCUT2D eigenvalue weighted by Gasteiger charge is 2.37. The summed E-state index contributed by atoms with van der Waals surface area (Å²) in [6.07, 6.45) is 1.62. The van der Waals surface area contributed by atoms with Gasteiger partial charge in [0.1, 0.15) is 11.6 Å². The van der Waals surface area contributed by atoms with Crippen LogP contribution in [0.1, 0.15) is 24.0 Å². The Balaban J connectivity index is 1.28. The summed E-state index contributed by atoms with van der Waals surface area (Å²) >= 11 is 0. The molecule has 3 amide bonds. The van der Waals surface area contributed by atoms with Crippen molar-refractivity contribution in [3.8, 4) is 5.75 Å². The molecule has 2 fully saturated rings. The average Bonchev–Trinajstić information content (AvgIpc) is 2.83. The first kappa shape index (κ1) is 22.8. The van der Waals surface area contributed by atoms with Crippen LogP contribution in [0.3, 0.4) is 0 Å². The van der Waals surface area contributed by atoms with E-state index in [9.17, 15) is 18.8 Å². The number of amides is 3.